The Morgan fingerprint density at radius 3 is 1.71 bits per heavy atom. The van der Waals surface area contributed by atoms with Gasteiger partial charge >= 0.3 is 0 Å². The van der Waals surface area contributed by atoms with Gasteiger partial charge in [0.2, 0.25) is 10.0 Å². The summed E-state index contributed by atoms with van der Waals surface area (Å²) in [7, 11) is 0. The summed E-state index contributed by atoms with van der Waals surface area (Å²) in [6.45, 7) is 2.20. The topological polar surface area (TPSA) is 92.2 Å². The lowest BCUT2D eigenvalue weighted by molar-refractivity contribution is 0.0717. The number of carbonyl (C=O) groups is 2. The molecule has 2 amide bonds. The van der Waals surface area contributed by atoms with Crippen LogP contribution in [0.2, 0.25) is 0 Å². The highest BCUT2D eigenvalue weighted by molar-refractivity contribution is 7.11. The monoisotopic (exact) mass is 324 g/mol. The SMILES string of the molecule is O=C(c1nncs1)N1CCCN(C(=O)c2nncs2)CC1. The number of nitrogens with zero attached hydrogens (tertiary/aromatic N) is 6. The molecule has 2 aromatic rings. The third-order valence-electron chi connectivity index (χ3n) is 3.16. The van der Waals surface area contributed by atoms with Crippen molar-refractivity contribution >= 4 is 34.5 Å². The quantitative estimate of drug-likeness (QED) is 0.793. The maximum absolute atomic E-state index is 12.2. The van der Waals surface area contributed by atoms with Crippen LogP contribution in [0.25, 0.3) is 0 Å². The fraction of sp³-hybridized carbons (Fsp3) is 0.455. The molecule has 1 fully saturated rings. The van der Waals surface area contributed by atoms with Gasteiger partial charge < -0.3 is 9.80 Å². The zero-order chi connectivity index (χ0) is 14.7. The largest absolute Gasteiger partial charge is 0.335 e. The van der Waals surface area contributed by atoms with Crippen molar-refractivity contribution in [2.75, 3.05) is 26.2 Å². The van der Waals surface area contributed by atoms with Crippen molar-refractivity contribution in [3.8, 4) is 0 Å². The molecule has 0 radical (unpaired) electrons. The minimum atomic E-state index is -0.122. The number of amides is 2. The van der Waals surface area contributed by atoms with E-state index in [1.54, 1.807) is 9.80 Å². The Hall–Kier alpha value is -1.94. The van der Waals surface area contributed by atoms with E-state index in [4.69, 9.17) is 0 Å². The van der Waals surface area contributed by atoms with Crippen LogP contribution >= 0.6 is 22.7 Å². The molecule has 0 bridgehead atoms. The van der Waals surface area contributed by atoms with Crippen molar-refractivity contribution in [1.82, 2.24) is 30.2 Å². The van der Waals surface area contributed by atoms with Crippen LogP contribution in [0, 0.1) is 0 Å². The summed E-state index contributed by atoms with van der Waals surface area (Å²) < 4.78 is 0. The van der Waals surface area contributed by atoms with E-state index in [0.29, 0.717) is 36.2 Å². The fourth-order valence-corrected chi connectivity index (χ4v) is 3.16. The second kappa shape index (κ2) is 6.22. The molecular weight excluding hydrogens is 312 g/mol. The molecular formula is C11H12N6O2S2. The highest BCUT2D eigenvalue weighted by Gasteiger charge is 2.25. The number of carbonyl (C=O) groups excluding carboxylic acids is 2. The highest BCUT2D eigenvalue weighted by atomic mass is 32.1. The van der Waals surface area contributed by atoms with Gasteiger partial charge in [0.15, 0.2) is 0 Å². The highest BCUT2D eigenvalue weighted by Crippen LogP contribution is 2.13. The lowest BCUT2D eigenvalue weighted by Gasteiger charge is -2.20. The van der Waals surface area contributed by atoms with Gasteiger partial charge in [-0.25, -0.2) is 0 Å². The maximum atomic E-state index is 12.2. The second-order valence-electron chi connectivity index (χ2n) is 4.43. The molecule has 0 atom stereocenters. The maximum Gasteiger partial charge on any atom is 0.284 e. The van der Waals surface area contributed by atoms with Gasteiger partial charge in [-0.05, 0) is 6.42 Å². The first-order valence-corrected chi connectivity index (χ1v) is 8.12. The van der Waals surface area contributed by atoms with E-state index in [1.165, 1.54) is 33.7 Å². The zero-order valence-corrected chi connectivity index (χ0v) is 12.6. The Kier molecular flexibility index (Phi) is 4.15. The molecule has 8 nitrogen and oxygen atoms in total. The molecule has 0 aromatic carbocycles. The van der Waals surface area contributed by atoms with Gasteiger partial charge in [0, 0.05) is 26.2 Å². The number of hydrogen-bond donors (Lipinski definition) is 0. The van der Waals surface area contributed by atoms with Crippen LogP contribution in [0.1, 0.15) is 26.0 Å². The summed E-state index contributed by atoms with van der Waals surface area (Å²) in [5.74, 6) is -0.245. The van der Waals surface area contributed by atoms with Gasteiger partial charge in [0.05, 0.1) is 0 Å². The van der Waals surface area contributed by atoms with Crippen molar-refractivity contribution in [3.63, 3.8) is 0 Å². The summed E-state index contributed by atoms with van der Waals surface area (Å²) >= 11 is 2.45. The van der Waals surface area contributed by atoms with E-state index in [2.05, 4.69) is 20.4 Å². The van der Waals surface area contributed by atoms with Crippen LogP contribution in [-0.2, 0) is 0 Å². The molecule has 10 heteroatoms. The lowest BCUT2D eigenvalue weighted by Crippen LogP contribution is -2.37. The zero-order valence-electron chi connectivity index (χ0n) is 11.0. The molecule has 21 heavy (non-hydrogen) atoms. The van der Waals surface area contributed by atoms with Crippen molar-refractivity contribution in [2.24, 2.45) is 0 Å². The second-order valence-corrected chi connectivity index (χ2v) is 6.09. The Labute approximate surface area is 128 Å². The number of aromatic nitrogens is 4. The molecule has 1 aliphatic rings. The Bertz CT molecular complexity index is 560. The van der Waals surface area contributed by atoms with Crippen LogP contribution in [-0.4, -0.2) is 68.2 Å². The molecule has 0 N–H and O–H groups in total. The molecule has 0 unspecified atom stereocenters. The minimum Gasteiger partial charge on any atom is -0.335 e. The van der Waals surface area contributed by atoms with Crippen molar-refractivity contribution in [3.05, 3.63) is 21.0 Å². The van der Waals surface area contributed by atoms with E-state index in [0.717, 1.165) is 6.42 Å². The summed E-state index contributed by atoms with van der Waals surface area (Å²) in [6.07, 6.45) is 0.731. The first-order chi connectivity index (χ1) is 10.3. The molecule has 0 saturated carbocycles. The lowest BCUT2D eigenvalue weighted by atomic mass is 10.3. The van der Waals surface area contributed by atoms with Crippen LogP contribution in [0.15, 0.2) is 11.0 Å². The molecule has 0 spiro atoms. The minimum absolute atomic E-state index is 0.122. The predicted molar refractivity (Wildman–Crippen MR) is 76.2 cm³/mol. The summed E-state index contributed by atoms with van der Waals surface area (Å²) in [5, 5.41) is 15.7. The average molecular weight is 324 g/mol. The molecule has 1 aliphatic heterocycles. The van der Waals surface area contributed by atoms with Crippen LogP contribution < -0.4 is 0 Å². The Morgan fingerprint density at radius 1 is 0.857 bits per heavy atom. The molecule has 0 aliphatic carbocycles. The predicted octanol–water partition coefficient (Wildman–Crippen LogP) is 0.378. The van der Waals surface area contributed by atoms with E-state index >= 15 is 0 Å². The normalized spacial score (nSPS) is 15.8. The first kappa shape index (κ1) is 14.0. The third-order valence-corrected chi connectivity index (χ3v) is 4.51. The van der Waals surface area contributed by atoms with Crippen LogP contribution in [0.3, 0.4) is 0 Å². The third kappa shape index (κ3) is 3.05. The van der Waals surface area contributed by atoms with Gasteiger partial charge in [-0.15, -0.1) is 20.4 Å². The van der Waals surface area contributed by atoms with E-state index in [1.807, 2.05) is 0 Å². The van der Waals surface area contributed by atoms with Crippen molar-refractivity contribution in [1.29, 1.82) is 0 Å². The van der Waals surface area contributed by atoms with Gasteiger partial charge in [-0.1, -0.05) is 22.7 Å². The molecule has 1 saturated heterocycles. The van der Waals surface area contributed by atoms with E-state index < -0.39 is 0 Å². The summed E-state index contributed by atoms with van der Waals surface area (Å²) in [6, 6.07) is 0. The number of hydrogen-bond acceptors (Lipinski definition) is 8. The summed E-state index contributed by atoms with van der Waals surface area (Å²) in [5.41, 5.74) is 3.08. The standard InChI is InChI=1S/C11H12N6O2S2/c18-10(8-14-12-6-20-8)16-2-1-3-17(5-4-16)11(19)9-15-13-7-21-9/h6-7H,1-5H2. The first-order valence-electron chi connectivity index (χ1n) is 6.36. The van der Waals surface area contributed by atoms with Crippen LogP contribution in [0.4, 0.5) is 0 Å². The van der Waals surface area contributed by atoms with Gasteiger partial charge in [-0.2, -0.15) is 0 Å². The van der Waals surface area contributed by atoms with E-state index in [9.17, 15) is 9.59 Å². The molecule has 110 valence electrons. The van der Waals surface area contributed by atoms with Crippen LogP contribution in [0.5, 0.6) is 0 Å². The Balaban J connectivity index is 1.64. The fourth-order valence-electron chi connectivity index (χ4n) is 2.13. The Morgan fingerprint density at radius 2 is 1.33 bits per heavy atom. The van der Waals surface area contributed by atoms with Gasteiger partial charge in [-0.3, -0.25) is 9.59 Å². The molecule has 3 heterocycles. The molecule has 2 aromatic heterocycles. The molecule has 3 rings (SSSR count). The van der Waals surface area contributed by atoms with Crippen molar-refractivity contribution < 1.29 is 9.59 Å². The van der Waals surface area contributed by atoms with Gasteiger partial charge in [0.1, 0.15) is 11.0 Å². The smallest absolute Gasteiger partial charge is 0.284 e. The van der Waals surface area contributed by atoms with Crippen molar-refractivity contribution in [2.45, 2.75) is 6.42 Å². The van der Waals surface area contributed by atoms with Gasteiger partial charge in [0.25, 0.3) is 11.8 Å². The van der Waals surface area contributed by atoms with E-state index in [-0.39, 0.29) is 11.8 Å². The average Bonchev–Trinajstić information content (AvgIpc) is 3.15. The summed E-state index contributed by atoms with van der Waals surface area (Å²) in [4.78, 5) is 27.9. The number of rotatable bonds is 2.